The highest BCUT2D eigenvalue weighted by Gasteiger charge is 2.49. The lowest BCUT2D eigenvalue weighted by Crippen LogP contribution is -2.62. The third-order valence-electron chi connectivity index (χ3n) is 4.32. The smallest absolute Gasteiger partial charge is 0.251 e. The number of aromatic hydroxyl groups is 1. The molecule has 2 N–H and O–H groups in total. The molecule has 1 aromatic rings. The molecule has 4 heteroatoms. The van der Waals surface area contributed by atoms with Gasteiger partial charge < -0.3 is 15.2 Å². The van der Waals surface area contributed by atoms with Crippen molar-refractivity contribution < 1.29 is 14.6 Å². The lowest BCUT2D eigenvalue weighted by atomic mass is 9.64. The van der Waals surface area contributed by atoms with Gasteiger partial charge in [-0.15, -0.1) is 0 Å². The molecule has 1 fully saturated rings. The molecule has 1 saturated carbocycles. The number of amides is 1. The van der Waals surface area contributed by atoms with Gasteiger partial charge in [0.15, 0.2) is 0 Å². The van der Waals surface area contributed by atoms with Crippen LogP contribution in [0.4, 0.5) is 0 Å². The number of ether oxygens (including phenoxy) is 1. The zero-order valence-electron chi connectivity index (χ0n) is 12.6. The molecule has 2 unspecified atom stereocenters. The molecule has 1 aliphatic rings. The summed E-state index contributed by atoms with van der Waals surface area (Å²) in [7, 11) is 0. The van der Waals surface area contributed by atoms with Crippen molar-refractivity contribution in [2.75, 3.05) is 6.61 Å². The van der Waals surface area contributed by atoms with Gasteiger partial charge in [-0.25, -0.2) is 0 Å². The van der Waals surface area contributed by atoms with Crippen LogP contribution in [0.2, 0.25) is 0 Å². The third kappa shape index (κ3) is 2.66. The first-order valence-corrected chi connectivity index (χ1v) is 7.08. The molecular formula is C16H23NO3. The highest BCUT2D eigenvalue weighted by atomic mass is 16.5. The Hall–Kier alpha value is -1.55. The minimum Gasteiger partial charge on any atom is -0.508 e. The highest BCUT2D eigenvalue weighted by molar-refractivity contribution is 5.95. The summed E-state index contributed by atoms with van der Waals surface area (Å²) in [4.78, 5) is 12.2. The minimum atomic E-state index is -0.145. The van der Waals surface area contributed by atoms with Gasteiger partial charge in [0, 0.05) is 23.6 Å². The maximum absolute atomic E-state index is 12.2. The second-order valence-corrected chi connectivity index (χ2v) is 6.03. The predicted octanol–water partition coefficient (Wildman–Crippen LogP) is 2.63. The molecule has 4 nitrogen and oxygen atoms in total. The number of hydrogen-bond acceptors (Lipinski definition) is 3. The Kier molecular flexibility index (Phi) is 4.04. The number of rotatable bonds is 4. The standard InChI is InChI=1S/C16H23NO3/c1-5-20-14-9-13(16(14,3)4)17-15(19)11-7-6-10(2)12(18)8-11/h6-8,13-14,18H,5,9H2,1-4H3,(H,17,19). The van der Waals surface area contributed by atoms with Crippen LogP contribution in [0.15, 0.2) is 18.2 Å². The molecule has 0 radical (unpaired) electrons. The van der Waals surface area contributed by atoms with Gasteiger partial charge in [-0.1, -0.05) is 19.9 Å². The number of carbonyl (C=O) groups excluding carboxylic acids is 1. The first-order valence-electron chi connectivity index (χ1n) is 7.08. The van der Waals surface area contributed by atoms with Crippen LogP contribution in [0.25, 0.3) is 0 Å². The van der Waals surface area contributed by atoms with Gasteiger partial charge in [0.25, 0.3) is 5.91 Å². The van der Waals surface area contributed by atoms with E-state index in [0.717, 1.165) is 12.0 Å². The number of hydrogen-bond donors (Lipinski definition) is 2. The predicted molar refractivity (Wildman–Crippen MR) is 77.9 cm³/mol. The zero-order chi connectivity index (χ0) is 14.9. The number of phenolic OH excluding ortho intramolecular Hbond substituents is 1. The van der Waals surface area contributed by atoms with E-state index in [1.165, 1.54) is 6.07 Å². The van der Waals surface area contributed by atoms with Crippen molar-refractivity contribution in [3.05, 3.63) is 29.3 Å². The van der Waals surface area contributed by atoms with E-state index in [0.29, 0.717) is 12.2 Å². The van der Waals surface area contributed by atoms with E-state index in [2.05, 4.69) is 19.2 Å². The molecule has 0 saturated heterocycles. The molecule has 1 aromatic carbocycles. The van der Waals surface area contributed by atoms with Crippen molar-refractivity contribution in [2.45, 2.75) is 46.3 Å². The van der Waals surface area contributed by atoms with Crippen LogP contribution in [0, 0.1) is 12.3 Å². The Bertz CT molecular complexity index is 510. The van der Waals surface area contributed by atoms with Crippen LogP contribution < -0.4 is 5.32 Å². The summed E-state index contributed by atoms with van der Waals surface area (Å²) in [6.07, 6.45) is 1.04. The lowest BCUT2D eigenvalue weighted by Gasteiger charge is -2.51. The van der Waals surface area contributed by atoms with Crippen molar-refractivity contribution in [3.8, 4) is 5.75 Å². The van der Waals surface area contributed by atoms with Gasteiger partial charge in [-0.3, -0.25) is 4.79 Å². The van der Waals surface area contributed by atoms with Crippen LogP contribution in [0.1, 0.15) is 43.1 Å². The van der Waals surface area contributed by atoms with E-state index >= 15 is 0 Å². The largest absolute Gasteiger partial charge is 0.508 e. The van der Waals surface area contributed by atoms with Gasteiger partial charge in [0.2, 0.25) is 0 Å². The Morgan fingerprint density at radius 1 is 1.50 bits per heavy atom. The average Bonchev–Trinajstić information content (AvgIpc) is 2.40. The second-order valence-electron chi connectivity index (χ2n) is 6.03. The summed E-state index contributed by atoms with van der Waals surface area (Å²) in [6.45, 7) is 8.69. The molecule has 2 atom stereocenters. The van der Waals surface area contributed by atoms with E-state index in [9.17, 15) is 9.90 Å². The normalized spacial score (nSPS) is 24.0. The van der Waals surface area contributed by atoms with E-state index in [-0.39, 0.29) is 29.2 Å². The Morgan fingerprint density at radius 2 is 2.20 bits per heavy atom. The summed E-state index contributed by atoms with van der Waals surface area (Å²) in [6, 6.07) is 5.10. The fraction of sp³-hybridized carbons (Fsp3) is 0.562. The topological polar surface area (TPSA) is 58.6 Å². The maximum Gasteiger partial charge on any atom is 0.251 e. The van der Waals surface area contributed by atoms with Gasteiger partial charge >= 0.3 is 0 Å². The van der Waals surface area contributed by atoms with Crippen molar-refractivity contribution >= 4 is 5.91 Å². The van der Waals surface area contributed by atoms with Gasteiger partial charge in [0.05, 0.1) is 6.10 Å². The van der Waals surface area contributed by atoms with Gasteiger partial charge in [-0.05, 0) is 38.0 Å². The van der Waals surface area contributed by atoms with Gasteiger partial charge in [-0.2, -0.15) is 0 Å². The summed E-state index contributed by atoms with van der Waals surface area (Å²) >= 11 is 0. The Balaban J connectivity index is 2.01. The third-order valence-corrected chi connectivity index (χ3v) is 4.32. The molecule has 1 aliphatic carbocycles. The molecule has 0 heterocycles. The molecule has 110 valence electrons. The number of phenols is 1. The van der Waals surface area contributed by atoms with Crippen LogP contribution in [0.5, 0.6) is 5.75 Å². The van der Waals surface area contributed by atoms with E-state index < -0.39 is 0 Å². The Labute approximate surface area is 120 Å². The number of benzene rings is 1. The number of aryl methyl sites for hydroxylation is 1. The van der Waals surface area contributed by atoms with Crippen LogP contribution >= 0.6 is 0 Å². The summed E-state index contributed by atoms with van der Waals surface area (Å²) in [5.41, 5.74) is 1.20. The first kappa shape index (κ1) is 14.9. The van der Waals surface area contributed by atoms with Gasteiger partial charge in [0.1, 0.15) is 5.75 Å². The summed E-state index contributed by atoms with van der Waals surface area (Å²) in [5, 5.41) is 12.7. The minimum absolute atomic E-state index is 0.0571. The second kappa shape index (κ2) is 5.44. The molecule has 0 aliphatic heterocycles. The number of carbonyl (C=O) groups is 1. The quantitative estimate of drug-likeness (QED) is 0.889. The van der Waals surface area contributed by atoms with Crippen molar-refractivity contribution in [3.63, 3.8) is 0 Å². The van der Waals surface area contributed by atoms with Crippen LogP contribution in [-0.4, -0.2) is 29.8 Å². The van der Waals surface area contributed by atoms with E-state index in [4.69, 9.17) is 4.74 Å². The van der Waals surface area contributed by atoms with Crippen molar-refractivity contribution in [1.29, 1.82) is 0 Å². The van der Waals surface area contributed by atoms with Crippen LogP contribution in [-0.2, 0) is 4.74 Å². The highest BCUT2D eigenvalue weighted by Crippen LogP contribution is 2.42. The molecule has 20 heavy (non-hydrogen) atoms. The Morgan fingerprint density at radius 3 is 2.75 bits per heavy atom. The summed E-state index contributed by atoms with van der Waals surface area (Å²) < 4.78 is 5.65. The van der Waals surface area contributed by atoms with Crippen molar-refractivity contribution in [2.24, 2.45) is 5.41 Å². The SMILES string of the molecule is CCOC1CC(NC(=O)c2ccc(C)c(O)c2)C1(C)C. The molecule has 0 spiro atoms. The fourth-order valence-corrected chi connectivity index (χ4v) is 2.61. The van der Waals surface area contributed by atoms with E-state index in [1.807, 2.05) is 6.92 Å². The monoisotopic (exact) mass is 277 g/mol. The van der Waals surface area contributed by atoms with Crippen molar-refractivity contribution in [1.82, 2.24) is 5.32 Å². The molecule has 1 amide bonds. The maximum atomic E-state index is 12.2. The molecular weight excluding hydrogens is 254 g/mol. The molecule has 0 aromatic heterocycles. The zero-order valence-corrected chi connectivity index (χ0v) is 12.6. The molecule has 0 bridgehead atoms. The van der Waals surface area contributed by atoms with Crippen LogP contribution in [0.3, 0.4) is 0 Å². The number of nitrogens with one attached hydrogen (secondary N) is 1. The fourth-order valence-electron chi connectivity index (χ4n) is 2.61. The first-order chi connectivity index (χ1) is 9.36. The summed E-state index contributed by atoms with van der Waals surface area (Å²) in [5.74, 6) is 0.00559. The molecule has 2 rings (SSSR count). The average molecular weight is 277 g/mol. The van der Waals surface area contributed by atoms with E-state index in [1.54, 1.807) is 19.1 Å². The lowest BCUT2D eigenvalue weighted by molar-refractivity contribution is -0.111.